The normalized spacial score (nSPS) is 11.7. The van der Waals surface area contributed by atoms with Crippen LogP contribution in [0.15, 0.2) is 47.8 Å². The van der Waals surface area contributed by atoms with Gasteiger partial charge in [-0.3, -0.25) is 4.98 Å². The second-order valence-corrected chi connectivity index (χ2v) is 5.93. The van der Waals surface area contributed by atoms with E-state index in [0.29, 0.717) is 18.9 Å². The predicted molar refractivity (Wildman–Crippen MR) is 104 cm³/mol. The molecule has 0 saturated heterocycles. The van der Waals surface area contributed by atoms with Gasteiger partial charge in [0, 0.05) is 11.8 Å². The molecule has 1 aromatic heterocycles. The Kier molecular flexibility index (Phi) is 7.21. The van der Waals surface area contributed by atoms with Gasteiger partial charge in [-0.2, -0.15) is 0 Å². The van der Waals surface area contributed by atoms with Gasteiger partial charge in [0.25, 0.3) is 0 Å². The van der Waals surface area contributed by atoms with Gasteiger partial charge >= 0.3 is 0 Å². The van der Waals surface area contributed by atoms with Crippen LogP contribution in [-0.4, -0.2) is 24.4 Å². The summed E-state index contributed by atoms with van der Waals surface area (Å²) in [6, 6.07) is 7.86. The summed E-state index contributed by atoms with van der Waals surface area (Å²) in [5.74, 6) is 1.70. The monoisotopic (exact) mass is 354 g/mol. The lowest BCUT2D eigenvalue weighted by Crippen LogP contribution is -2.08. The maximum absolute atomic E-state index is 6.10. The van der Waals surface area contributed by atoms with Crippen LogP contribution in [0.5, 0.6) is 11.5 Å². The predicted octanol–water partition coefficient (Wildman–Crippen LogP) is 4.60. The molecule has 0 atom stereocenters. The quantitative estimate of drug-likeness (QED) is 0.395. The van der Waals surface area contributed by atoms with Crippen molar-refractivity contribution >= 4 is 5.71 Å². The number of benzene rings is 1. The van der Waals surface area contributed by atoms with E-state index in [1.807, 2.05) is 64.1 Å². The van der Waals surface area contributed by atoms with Crippen molar-refractivity contribution in [1.82, 2.24) is 4.98 Å². The molecule has 0 aliphatic heterocycles. The summed E-state index contributed by atoms with van der Waals surface area (Å²) < 4.78 is 11.8. The summed E-state index contributed by atoms with van der Waals surface area (Å²) in [5.41, 5.74) is 4.52. The van der Waals surface area contributed by atoms with Crippen LogP contribution in [0, 0.1) is 13.8 Å². The van der Waals surface area contributed by atoms with Gasteiger partial charge in [0.1, 0.15) is 37.5 Å². The van der Waals surface area contributed by atoms with Crippen molar-refractivity contribution in [3.05, 3.63) is 65.0 Å². The molecule has 5 heteroatoms. The van der Waals surface area contributed by atoms with E-state index in [-0.39, 0.29) is 0 Å². The third-order valence-corrected chi connectivity index (χ3v) is 3.85. The molecule has 0 amide bonds. The van der Waals surface area contributed by atoms with Gasteiger partial charge in [0.05, 0.1) is 5.69 Å². The number of aromatic nitrogens is 1. The number of pyridine rings is 1. The number of oxime groups is 1. The number of hydrogen-bond donors (Lipinski definition) is 0. The molecule has 0 bridgehead atoms. The highest BCUT2D eigenvalue weighted by atomic mass is 16.6. The molecule has 26 heavy (non-hydrogen) atoms. The number of rotatable bonds is 8. The molecule has 0 spiro atoms. The first-order valence-electron chi connectivity index (χ1n) is 8.56. The van der Waals surface area contributed by atoms with Gasteiger partial charge in [-0.15, -0.1) is 0 Å². The minimum absolute atomic E-state index is 0.403. The molecule has 2 rings (SSSR count). The lowest BCUT2D eigenvalue weighted by atomic mass is 10.1. The zero-order valence-corrected chi connectivity index (χ0v) is 16.1. The zero-order valence-electron chi connectivity index (χ0n) is 16.1. The summed E-state index contributed by atoms with van der Waals surface area (Å²) in [6.45, 7) is 8.84. The Bertz CT molecular complexity index is 775. The molecule has 5 nitrogen and oxygen atoms in total. The molecule has 1 heterocycles. The van der Waals surface area contributed by atoms with Crippen LogP contribution >= 0.6 is 0 Å². The number of aryl methyl sites for hydroxylation is 2. The second kappa shape index (κ2) is 9.61. The Morgan fingerprint density at radius 2 is 1.92 bits per heavy atom. The first-order valence-corrected chi connectivity index (χ1v) is 8.56. The Morgan fingerprint density at radius 3 is 2.58 bits per heavy atom. The smallest absolute Gasteiger partial charge is 0.125 e. The molecular weight excluding hydrogens is 328 g/mol. The van der Waals surface area contributed by atoms with Crippen molar-refractivity contribution in [2.24, 2.45) is 5.16 Å². The second-order valence-electron chi connectivity index (χ2n) is 5.93. The van der Waals surface area contributed by atoms with Crippen molar-refractivity contribution < 1.29 is 14.3 Å². The fourth-order valence-corrected chi connectivity index (χ4v) is 2.67. The summed E-state index contributed by atoms with van der Waals surface area (Å²) in [4.78, 5) is 9.25. The van der Waals surface area contributed by atoms with E-state index in [9.17, 15) is 0 Å². The van der Waals surface area contributed by atoms with Crippen molar-refractivity contribution in [3.8, 4) is 11.5 Å². The van der Waals surface area contributed by atoms with Gasteiger partial charge in [0.2, 0.25) is 0 Å². The van der Waals surface area contributed by atoms with E-state index in [0.717, 1.165) is 33.9 Å². The topological polar surface area (TPSA) is 52.9 Å². The first kappa shape index (κ1) is 19.5. The van der Waals surface area contributed by atoms with Crippen molar-refractivity contribution in [1.29, 1.82) is 0 Å². The molecular formula is C21H26N2O3. The molecule has 0 fully saturated rings. The van der Waals surface area contributed by atoms with Crippen LogP contribution in [-0.2, 0) is 11.4 Å². The Hall–Kier alpha value is -2.82. The molecule has 0 saturated carbocycles. The maximum Gasteiger partial charge on any atom is 0.125 e. The average Bonchev–Trinajstić information content (AvgIpc) is 2.62. The summed E-state index contributed by atoms with van der Waals surface area (Å²) in [5, 5.41) is 3.97. The van der Waals surface area contributed by atoms with Gasteiger partial charge < -0.3 is 14.3 Å². The van der Waals surface area contributed by atoms with Crippen molar-refractivity contribution in [3.63, 3.8) is 0 Å². The van der Waals surface area contributed by atoms with Crippen LogP contribution in [0.25, 0.3) is 0 Å². The third kappa shape index (κ3) is 5.09. The molecule has 0 aliphatic rings. The number of allylic oxidation sites excluding steroid dienone is 1. The SMILES string of the molecule is C/C=C/COc1cc(C)c(OCc2cccnc2C(C)=NOC)c(C)c1. The van der Waals surface area contributed by atoms with E-state index < -0.39 is 0 Å². The van der Waals surface area contributed by atoms with Crippen molar-refractivity contribution in [2.45, 2.75) is 34.3 Å². The van der Waals surface area contributed by atoms with Crippen molar-refractivity contribution in [2.75, 3.05) is 13.7 Å². The maximum atomic E-state index is 6.10. The zero-order chi connectivity index (χ0) is 18.9. The highest BCUT2D eigenvalue weighted by molar-refractivity contribution is 5.97. The number of ether oxygens (including phenoxy) is 2. The van der Waals surface area contributed by atoms with E-state index in [1.165, 1.54) is 7.11 Å². The van der Waals surface area contributed by atoms with Crippen LogP contribution in [0.2, 0.25) is 0 Å². The molecule has 2 aromatic rings. The molecule has 0 N–H and O–H groups in total. The van der Waals surface area contributed by atoms with Crippen LogP contribution < -0.4 is 9.47 Å². The third-order valence-electron chi connectivity index (χ3n) is 3.85. The highest BCUT2D eigenvalue weighted by Gasteiger charge is 2.11. The lowest BCUT2D eigenvalue weighted by Gasteiger charge is -2.15. The highest BCUT2D eigenvalue weighted by Crippen LogP contribution is 2.29. The largest absolute Gasteiger partial charge is 0.490 e. The van der Waals surface area contributed by atoms with Gasteiger partial charge in [-0.25, -0.2) is 0 Å². The fraction of sp³-hybridized carbons (Fsp3) is 0.333. The number of nitrogens with zero attached hydrogens (tertiary/aromatic N) is 2. The van der Waals surface area contributed by atoms with Crippen LogP contribution in [0.3, 0.4) is 0 Å². The Balaban J connectivity index is 2.16. The molecule has 0 radical (unpaired) electrons. The minimum atomic E-state index is 0.403. The summed E-state index contributed by atoms with van der Waals surface area (Å²) in [7, 11) is 1.52. The van der Waals surface area contributed by atoms with Crippen LogP contribution in [0.1, 0.15) is 36.2 Å². The Labute approximate surface area is 155 Å². The van der Waals surface area contributed by atoms with Crippen LogP contribution in [0.4, 0.5) is 0 Å². The van der Waals surface area contributed by atoms with E-state index in [1.54, 1.807) is 6.20 Å². The molecule has 1 aromatic carbocycles. The summed E-state index contributed by atoms with van der Waals surface area (Å²) in [6.07, 6.45) is 5.68. The summed E-state index contributed by atoms with van der Waals surface area (Å²) >= 11 is 0. The Morgan fingerprint density at radius 1 is 1.19 bits per heavy atom. The molecule has 138 valence electrons. The number of hydrogen-bond acceptors (Lipinski definition) is 5. The van der Waals surface area contributed by atoms with E-state index >= 15 is 0 Å². The minimum Gasteiger partial charge on any atom is -0.490 e. The average molecular weight is 354 g/mol. The van der Waals surface area contributed by atoms with Gasteiger partial charge in [0.15, 0.2) is 0 Å². The van der Waals surface area contributed by atoms with Gasteiger partial charge in [-0.05, 0) is 57.0 Å². The standard InChI is InChI=1S/C21H26N2O3/c1-6-7-11-25-19-12-15(2)21(16(3)13-19)26-14-18-9-8-10-22-20(18)17(4)23-24-5/h6-10,12-13H,11,14H2,1-5H3/b7-6+,23-17?. The van der Waals surface area contributed by atoms with E-state index in [2.05, 4.69) is 10.1 Å². The van der Waals surface area contributed by atoms with E-state index in [4.69, 9.17) is 14.3 Å². The van der Waals surface area contributed by atoms with Gasteiger partial charge in [-0.1, -0.05) is 23.4 Å². The lowest BCUT2D eigenvalue weighted by molar-refractivity contribution is 0.213. The fourth-order valence-electron chi connectivity index (χ4n) is 2.67. The first-order chi connectivity index (χ1) is 12.6. The molecule has 0 aliphatic carbocycles. The molecule has 0 unspecified atom stereocenters.